The van der Waals surface area contributed by atoms with Crippen LogP contribution in [0, 0.1) is 0 Å². The van der Waals surface area contributed by atoms with Crippen molar-refractivity contribution in [3.8, 4) is 5.75 Å². The summed E-state index contributed by atoms with van der Waals surface area (Å²) in [5.74, 6) is -0.00368. The molecule has 0 bridgehead atoms. The SMILES string of the molecule is CNC(=O)[C@H](Cc1ccccc1)N(Cc1ccc(Cl)c(Cl)c1)C(=O)CCCN(c1ccc(OC)cc1)S(C)(=O)=O. The molecule has 0 saturated carbocycles. The van der Waals surface area contributed by atoms with Gasteiger partial charge in [-0.3, -0.25) is 13.9 Å². The fourth-order valence-corrected chi connectivity index (χ4v) is 5.59. The Kier molecular flexibility index (Phi) is 11.2. The van der Waals surface area contributed by atoms with Crippen LogP contribution in [0.1, 0.15) is 24.0 Å². The summed E-state index contributed by atoms with van der Waals surface area (Å²) in [4.78, 5) is 28.3. The number of ether oxygens (including phenoxy) is 1. The molecule has 1 N–H and O–H groups in total. The number of nitrogens with zero attached hydrogens (tertiary/aromatic N) is 2. The highest BCUT2D eigenvalue weighted by atomic mass is 35.5. The van der Waals surface area contributed by atoms with Crippen molar-refractivity contribution in [3.63, 3.8) is 0 Å². The molecule has 3 rings (SSSR count). The molecule has 0 unspecified atom stereocenters. The second-order valence-corrected chi connectivity index (χ2v) is 11.9. The van der Waals surface area contributed by atoms with Crippen LogP contribution >= 0.6 is 23.2 Å². The molecule has 0 aliphatic carbocycles. The number of methoxy groups -OCH3 is 1. The highest BCUT2D eigenvalue weighted by Gasteiger charge is 2.30. The fourth-order valence-electron chi connectivity index (χ4n) is 4.31. The Balaban J connectivity index is 1.85. The smallest absolute Gasteiger partial charge is 0.242 e. The van der Waals surface area contributed by atoms with Gasteiger partial charge in [0.2, 0.25) is 21.8 Å². The van der Waals surface area contributed by atoms with Crippen LogP contribution in [0.2, 0.25) is 10.0 Å². The number of rotatable bonds is 13. The van der Waals surface area contributed by atoms with E-state index in [0.29, 0.717) is 33.5 Å². The molecule has 0 fully saturated rings. The lowest BCUT2D eigenvalue weighted by Gasteiger charge is -2.31. The third-order valence-electron chi connectivity index (χ3n) is 6.37. The van der Waals surface area contributed by atoms with Gasteiger partial charge < -0.3 is 15.0 Å². The summed E-state index contributed by atoms with van der Waals surface area (Å²) >= 11 is 12.3. The van der Waals surface area contributed by atoms with Crippen LogP contribution in [0.5, 0.6) is 5.75 Å². The van der Waals surface area contributed by atoms with Crippen LogP contribution < -0.4 is 14.4 Å². The molecule has 0 saturated heterocycles. The molecule has 2 amide bonds. The molecule has 0 aliphatic rings. The van der Waals surface area contributed by atoms with E-state index in [9.17, 15) is 18.0 Å². The van der Waals surface area contributed by atoms with Crippen LogP contribution in [0.25, 0.3) is 0 Å². The number of benzene rings is 3. The maximum absolute atomic E-state index is 13.7. The van der Waals surface area contributed by atoms with Crippen LogP contribution in [0.15, 0.2) is 72.8 Å². The highest BCUT2D eigenvalue weighted by molar-refractivity contribution is 7.92. The summed E-state index contributed by atoms with van der Waals surface area (Å²) in [6, 6.07) is 20.4. The minimum absolute atomic E-state index is 0.0196. The van der Waals surface area contributed by atoms with Crippen LogP contribution in [-0.4, -0.2) is 58.1 Å². The summed E-state index contributed by atoms with van der Waals surface area (Å²) in [7, 11) is -0.552. The Morgan fingerprint density at radius 2 is 1.62 bits per heavy atom. The van der Waals surface area contributed by atoms with E-state index in [4.69, 9.17) is 27.9 Å². The van der Waals surface area contributed by atoms with E-state index in [-0.39, 0.29) is 37.7 Å². The van der Waals surface area contributed by atoms with E-state index < -0.39 is 16.1 Å². The standard InChI is InChI=1S/C29H33Cl2N3O5S/c1-32-29(36)27(19-21-8-5-4-6-9-21)33(20-22-11-16-25(30)26(31)18-22)28(35)10-7-17-34(40(3,37)38)23-12-14-24(39-2)15-13-23/h4-6,8-9,11-16,18,27H,7,10,17,19-20H2,1-3H3,(H,32,36)/t27-/m0/s1. The summed E-state index contributed by atoms with van der Waals surface area (Å²) in [6.07, 6.45) is 1.68. The van der Waals surface area contributed by atoms with E-state index in [1.807, 2.05) is 30.3 Å². The van der Waals surface area contributed by atoms with Gasteiger partial charge in [-0.15, -0.1) is 0 Å². The quantitative estimate of drug-likeness (QED) is 0.298. The molecule has 3 aromatic rings. The van der Waals surface area contributed by atoms with E-state index in [2.05, 4.69) is 5.32 Å². The third-order valence-corrected chi connectivity index (χ3v) is 8.30. The summed E-state index contributed by atoms with van der Waals surface area (Å²) in [5, 5.41) is 3.40. The van der Waals surface area contributed by atoms with E-state index >= 15 is 0 Å². The Hall–Kier alpha value is -3.27. The zero-order valence-corrected chi connectivity index (χ0v) is 25.0. The Morgan fingerprint density at radius 3 is 2.20 bits per heavy atom. The van der Waals surface area contributed by atoms with Crippen molar-refractivity contribution in [3.05, 3.63) is 94.0 Å². The first-order valence-corrected chi connectivity index (χ1v) is 15.2. The number of nitrogens with one attached hydrogen (secondary N) is 1. The largest absolute Gasteiger partial charge is 0.497 e. The second-order valence-electron chi connectivity index (χ2n) is 9.23. The van der Waals surface area contributed by atoms with Gasteiger partial charge in [0.25, 0.3) is 0 Å². The van der Waals surface area contributed by atoms with Crippen molar-refractivity contribution >= 4 is 50.7 Å². The number of sulfonamides is 1. The van der Waals surface area contributed by atoms with Gasteiger partial charge in [0.05, 0.1) is 29.1 Å². The van der Waals surface area contributed by atoms with Crippen LogP contribution in [0.4, 0.5) is 5.69 Å². The normalized spacial score (nSPS) is 11.9. The van der Waals surface area contributed by atoms with E-state index in [0.717, 1.165) is 11.8 Å². The minimum Gasteiger partial charge on any atom is -0.497 e. The predicted molar refractivity (Wildman–Crippen MR) is 159 cm³/mol. The van der Waals surface area contributed by atoms with E-state index in [1.54, 1.807) is 42.5 Å². The molecular weight excluding hydrogens is 573 g/mol. The second kappa shape index (κ2) is 14.4. The van der Waals surface area contributed by atoms with Crippen molar-refractivity contribution in [2.45, 2.75) is 31.8 Å². The number of likely N-dealkylation sites (N-methyl/N-ethyl adjacent to an activating group) is 1. The van der Waals surface area contributed by atoms with Gasteiger partial charge in [0.1, 0.15) is 11.8 Å². The third kappa shape index (κ3) is 8.61. The van der Waals surface area contributed by atoms with Crippen molar-refractivity contribution in [2.75, 3.05) is 31.3 Å². The minimum atomic E-state index is -3.61. The lowest BCUT2D eigenvalue weighted by molar-refractivity contribution is -0.141. The first-order valence-electron chi connectivity index (χ1n) is 12.6. The lowest BCUT2D eigenvalue weighted by atomic mass is 10.0. The lowest BCUT2D eigenvalue weighted by Crippen LogP contribution is -2.49. The van der Waals surface area contributed by atoms with Gasteiger partial charge >= 0.3 is 0 Å². The maximum Gasteiger partial charge on any atom is 0.242 e. The number of amides is 2. The zero-order valence-electron chi connectivity index (χ0n) is 22.6. The number of anilines is 1. The van der Waals surface area contributed by atoms with Gasteiger partial charge in [-0.25, -0.2) is 8.42 Å². The van der Waals surface area contributed by atoms with Gasteiger partial charge in [-0.2, -0.15) is 0 Å². The zero-order chi connectivity index (χ0) is 29.3. The van der Waals surface area contributed by atoms with Crippen molar-refractivity contribution in [1.82, 2.24) is 10.2 Å². The fraction of sp³-hybridized carbons (Fsp3) is 0.310. The molecule has 11 heteroatoms. The van der Waals surface area contributed by atoms with E-state index in [1.165, 1.54) is 23.4 Å². The van der Waals surface area contributed by atoms with Crippen molar-refractivity contribution in [1.29, 1.82) is 0 Å². The van der Waals surface area contributed by atoms with Gasteiger partial charge in [-0.05, 0) is 53.9 Å². The monoisotopic (exact) mass is 605 g/mol. The Bertz CT molecular complexity index is 1400. The molecule has 0 heterocycles. The van der Waals surface area contributed by atoms with Gasteiger partial charge in [-0.1, -0.05) is 59.6 Å². The predicted octanol–water partition coefficient (Wildman–Crippen LogP) is 4.93. The summed E-state index contributed by atoms with van der Waals surface area (Å²) in [5.41, 5.74) is 2.07. The number of halogens is 2. The molecule has 0 spiro atoms. The summed E-state index contributed by atoms with van der Waals surface area (Å²) in [6.45, 7) is 0.204. The molecular formula is C29H33Cl2N3O5S. The van der Waals surface area contributed by atoms with Crippen LogP contribution in [-0.2, 0) is 32.6 Å². The molecule has 40 heavy (non-hydrogen) atoms. The average molecular weight is 607 g/mol. The highest BCUT2D eigenvalue weighted by Crippen LogP contribution is 2.25. The summed E-state index contributed by atoms with van der Waals surface area (Å²) < 4.78 is 31.5. The van der Waals surface area contributed by atoms with Gasteiger partial charge in [0.15, 0.2) is 0 Å². The number of hydrogen-bond donors (Lipinski definition) is 1. The molecule has 0 aromatic heterocycles. The van der Waals surface area contributed by atoms with Gasteiger partial charge in [0, 0.05) is 33.0 Å². The first kappa shape index (κ1) is 31.3. The van der Waals surface area contributed by atoms with Crippen molar-refractivity contribution < 1.29 is 22.7 Å². The molecule has 214 valence electrons. The molecule has 8 nitrogen and oxygen atoms in total. The topological polar surface area (TPSA) is 96.0 Å². The van der Waals surface area contributed by atoms with Crippen molar-refractivity contribution in [2.24, 2.45) is 0 Å². The first-order chi connectivity index (χ1) is 19.0. The number of carbonyl (C=O) groups excluding carboxylic acids is 2. The molecule has 3 aromatic carbocycles. The Morgan fingerprint density at radius 1 is 0.950 bits per heavy atom. The molecule has 0 aliphatic heterocycles. The number of carbonyl (C=O) groups is 2. The average Bonchev–Trinajstić information content (AvgIpc) is 2.94. The molecule has 0 radical (unpaired) electrons. The Labute approximate surface area is 245 Å². The molecule has 1 atom stereocenters. The van der Waals surface area contributed by atoms with Crippen LogP contribution in [0.3, 0.4) is 0 Å². The maximum atomic E-state index is 13.7. The number of hydrogen-bond acceptors (Lipinski definition) is 5.